The second-order valence-corrected chi connectivity index (χ2v) is 8.84. The van der Waals surface area contributed by atoms with Crippen molar-refractivity contribution in [3.63, 3.8) is 0 Å². The molecule has 0 spiro atoms. The molecule has 1 saturated carbocycles. The largest absolute Gasteiger partial charge is 0.388 e. The summed E-state index contributed by atoms with van der Waals surface area (Å²) in [7, 11) is -1.67. The first kappa shape index (κ1) is 16.3. The Kier molecular flexibility index (Phi) is 3.66. The highest BCUT2D eigenvalue weighted by Gasteiger charge is 2.66. The normalized spacial score (nSPS) is 20.3. The van der Waals surface area contributed by atoms with Crippen molar-refractivity contribution in [3.8, 4) is 0 Å². The van der Waals surface area contributed by atoms with E-state index in [4.69, 9.17) is 0 Å². The van der Waals surface area contributed by atoms with E-state index >= 15 is 0 Å². The van der Waals surface area contributed by atoms with E-state index < -0.39 is 10.0 Å². The Morgan fingerprint density at radius 1 is 1.00 bits per heavy atom. The van der Waals surface area contributed by atoms with Crippen LogP contribution in [-0.4, -0.2) is 21.5 Å². The van der Waals surface area contributed by atoms with Crippen molar-refractivity contribution < 1.29 is 8.42 Å². The number of aryl methyl sites for hydroxylation is 2. The number of benzene rings is 1. The zero-order valence-corrected chi connectivity index (χ0v) is 14.8. The average molecular weight is 310 g/mol. The monoisotopic (exact) mass is 310 g/mol. The van der Waals surface area contributed by atoms with E-state index in [1.54, 1.807) is 0 Å². The minimum Gasteiger partial charge on any atom is -0.388 e. The summed E-state index contributed by atoms with van der Waals surface area (Å²) in [5.74, 6) is 0. The molecule has 1 aromatic carbocycles. The summed E-state index contributed by atoms with van der Waals surface area (Å²) < 4.78 is 28.4. The quantitative estimate of drug-likeness (QED) is 0.898. The number of anilines is 1. The average Bonchev–Trinajstić information content (AvgIpc) is 2.69. The zero-order valence-electron chi connectivity index (χ0n) is 14.0. The lowest BCUT2D eigenvalue weighted by molar-refractivity contribution is 0.457. The summed E-state index contributed by atoms with van der Waals surface area (Å²) in [5.41, 5.74) is 2.42. The third kappa shape index (κ3) is 2.46. The van der Waals surface area contributed by atoms with E-state index in [-0.39, 0.29) is 16.9 Å². The van der Waals surface area contributed by atoms with Crippen LogP contribution in [0.15, 0.2) is 17.0 Å². The minimum atomic E-state index is -3.50. The molecule has 0 atom stereocenters. The fourth-order valence-corrected chi connectivity index (χ4v) is 5.21. The molecule has 0 unspecified atom stereocenters. The van der Waals surface area contributed by atoms with Crippen LogP contribution in [0.25, 0.3) is 0 Å². The van der Waals surface area contributed by atoms with Gasteiger partial charge in [-0.05, 0) is 47.9 Å². The van der Waals surface area contributed by atoms with E-state index in [0.29, 0.717) is 4.90 Å². The molecule has 0 aliphatic heterocycles. The molecule has 1 aliphatic carbocycles. The van der Waals surface area contributed by atoms with Crippen LogP contribution in [0, 0.1) is 24.7 Å². The van der Waals surface area contributed by atoms with Gasteiger partial charge in [0, 0.05) is 18.8 Å². The summed E-state index contributed by atoms with van der Waals surface area (Å²) >= 11 is 0. The Balaban J connectivity index is 2.39. The Bertz CT molecular complexity index is 639. The van der Waals surface area contributed by atoms with Gasteiger partial charge in [0.05, 0.1) is 4.90 Å². The lowest BCUT2D eigenvalue weighted by Crippen LogP contribution is -2.31. The fraction of sp³-hybridized carbons (Fsp3) is 0.625. The highest BCUT2D eigenvalue weighted by Crippen LogP contribution is 2.63. The number of sulfonamides is 1. The van der Waals surface area contributed by atoms with Gasteiger partial charge in [-0.3, -0.25) is 0 Å². The Morgan fingerprint density at radius 2 is 1.43 bits per heavy atom. The van der Waals surface area contributed by atoms with E-state index in [1.165, 1.54) is 0 Å². The van der Waals surface area contributed by atoms with Gasteiger partial charge in [0.2, 0.25) is 10.0 Å². The van der Waals surface area contributed by atoms with Crippen molar-refractivity contribution in [2.75, 3.05) is 12.4 Å². The van der Waals surface area contributed by atoms with Gasteiger partial charge in [-0.25, -0.2) is 13.1 Å². The van der Waals surface area contributed by atoms with Crippen molar-refractivity contribution in [2.24, 2.45) is 10.8 Å². The molecule has 1 aromatic rings. The molecule has 21 heavy (non-hydrogen) atoms. The second kappa shape index (κ2) is 4.71. The van der Waals surface area contributed by atoms with Crippen LogP contribution < -0.4 is 10.0 Å². The molecule has 0 bridgehead atoms. The maximum Gasteiger partial charge on any atom is 0.241 e. The van der Waals surface area contributed by atoms with Gasteiger partial charge in [-0.1, -0.05) is 27.7 Å². The molecule has 0 aromatic heterocycles. The van der Waals surface area contributed by atoms with E-state index in [0.717, 1.165) is 16.8 Å². The van der Waals surface area contributed by atoms with Crippen LogP contribution in [0.5, 0.6) is 0 Å². The van der Waals surface area contributed by atoms with Crippen molar-refractivity contribution in [1.82, 2.24) is 4.72 Å². The molecule has 118 valence electrons. The zero-order chi connectivity index (χ0) is 16.2. The first-order valence-electron chi connectivity index (χ1n) is 7.26. The predicted octanol–water partition coefficient (Wildman–Crippen LogP) is 3.06. The summed E-state index contributed by atoms with van der Waals surface area (Å²) in [6.45, 7) is 12.1. The molecule has 2 rings (SSSR count). The Labute approximate surface area is 128 Å². The van der Waals surface area contributed by atoms with E-state index in [9.17, 15) is 8.42 Å². The third-order valence-electron chi connectivity index (χ3n) is 5.31. The van der Waals surface area contributed by atoms with E-state index in [2.05, 4.69) is 37.7 Å². The van der Waals surface area contributed by atoms with Crippen molar-refractivity contribution in [2.45, 2.75) is 52.5 Å². The minimum absolute atomic E-state index is 0.0210. The molecule has 1 fully saturated rings. The first-order chi connectivity index (χ1) is 9.45. The van der Waals surface area contributed by atoms with Crippen molar-refractivity contribution >= 4 is 15.7 Å². The van der Waals surface area contributed by atoms with Crippen molar-refractivity contribution in [1.29, 1.82) is 0 Å². The fourth-order valence-electron chi connectivity index (χ4n) is 3.22. The predicted molar refractivity (Wildman–Crippen MR) is 87.1 cm³/mol. The van der Waals surface area contributed by atoms with Gasteiger partial charge < -0.3 is 5.32 Å². The maximum atomic E-state index is 12.8. The molecule has 5 heteroatoms. The molecule has 4 nitrogen and oxygen atoms in total. The maximum absolute atomic E-state index is 12.8. The number of hydrogen-bond acceptors (Lipinski definition) is 3. The third-order valence-corrected chi connectivity index (χ3v) is 7.04. The summed E-state index contributed by atoms with van der Waals surface area (Å²) in [4.78, 5) is 0.403. The van der Waals surface area contributed by atoms with Crippen LogP contribution in [-0.2, 0) is 10.0 Å². The molecule has 0 amide bonds. The van der Waals surface area contributed by atoms with Crippen LogP contribution in [0.1, 0.15) is 38.8 Å². The molecular formula is C16H26N2O2S. The summed E-state index contributed by atoms with van der Waals surface area (Å²) in [6, 6.07) is 3.70. The highest BCUT2D eigenvalue weighted by atomic mass is 32.2. The van der Waals surface area contributed by atoms with Crippen LogP contribution in [0.2, 0.25) is 0 Å². The standard InChI is InChI=1S/C16H26N2O2S/c1-10-8-12(17-7)9-11(2)13(10)21(19,20)18-14-15(3,4)16(14,5)6/h8-9,14,17-18H,1-7H3. The van der Waals surface area contributed by atoms with Gasteiger partial charge in [0.15, 0.2) is 0 Å². The Morgan fingerprint density at radius 3 is 1.76 bits per heavy atom. The highest BCUT2D eigenvalue weighted by molar-refractivity contribution is 7.89. The summed E-state index contributed by atoms with van der Waals surface area (Å²) in [5, 5.41) is 3.05. The van der Waals surface area contributed by atoms with Gasteiger partial charge in [-0.2, -0.15) is 0 Å². The molecule has 0 saturated heterocycles. The van der Waals surface area contributed by atoms with E-state index in [1.807, 2.05) is 33.0 Å². The van der Waals surface area contributed by atoms with Gasteiger partial charge in [0.25, 0.3) is 0 Å². The Hall–Kier alpha value is -1.07. The second-order valence-electron chi connectivity index (χ2n) is 7.19. The van der Waals surface area contributed by atoms with Gasteiger partial charge >= 0.3 is 0 Å². The molecule has 0 heterocycles. The van der Waals surface area contributed by atoms with Gasteiger partial charge in [-0.15, -0.1) is 0 Å². The molecular weight excluding hydrogens is 284 g/mol. The molecule has 0 radical (unpaired) electrons. The first-order valence-corrected chi connectivity index (χ1v) is 8.75. The van der Waals surface area contributed by atoms with Crippen LogP contribution in [0.3, 0.4) is 0 Å². The molecule has 1 aliphatic rings. The van der Waals surface area contributed by atoms with Crippen LogP contribution in [0.4, 0.5) is 5.69 Å². The SMILES string of the molecule is CNc1cc(C)c(S(=O)(=O)NC2C(C)(C)C2(C)C)c(C)c1. The number of hydrogen-bond donors (Lipinski definition) is 2. The lowest BCUT2D eigenvalue weighted by atomic mass is 10.0. The molecule has 2 N–H and O–H groups in total. The van der Waals surface area contributed by atoms with Crippen LogP contribution >= 0.6 is 0 Å². The summed E-state index contributed by atoms with van der Waals surface area (Å²) in [6.07, 6.45) is 0. The smallest absolute Gasteiger partial charge is 0.241 e. The lowest BCUT2D eigenvalue weighted by Gasteiger charge is -2.15. The number of nitrogens with one attached hydrogen (secondary N) is 2. The van der Waals surface area contributed by atoms with Crippen molar-refractivity contribution in [3.05, 3.63) is 23.3 Å². The van der Waals surface area contributed by atoms with Gasteiger partial charge in [0.1, 0.15) is 0 Å². The topological polar surface area (TPSA) is 58.2 Å². The number of rotatable bonds is 4.